The molecule has 8 aromatic carbocycles. The van der Waals surface area contributed by atoms with Crippen LogP contribution >= 0.6 is 0 Å². The maximum absolute atomic E-state index is 13.0. The van der Waals surface area contributed by atoms with Crippen LogP contribution in [0.2, 0.25) is 0 Å². The Balaban J connectivity index is 0.753. The van der Waals surface area contributed by atoms with Crippen LogP contribution < -0.4 is 21.3 Å². The van der Waals surface area contributed by atoms with Gasteiger partial charge in [-0.05, 0) is 293 Å². The number of pyridine rings is 4. The molecule has 8 aromatic heterocycles. The number of H-pyrrole nitrogens is 4. The topological polar surface area (TPSA) is 231 Å². The zero-order chi connectivity index (χ0) is 82.2. The van der Waals surface area contributed by atoms with Crippen molar-refractivity contribution in [3.63, 3.8) is 0 Å². The summed E-state index contributed by atoms with van der Waals surface area (Å²) in [6.45, 7) is 9.05. The van der Waals surface area contributed by atoms with Crippen LogP contribution in [0.15, 0.2) is 341 Å². The first-order valence-electron chi connectivity index (χ1n) is 39.1. The Kier molecular flexibility index (Phi) is 20.9. The van der Waals surface area contributed by atoms with Gasteiger partial charge in [0.05, 0.1) is 21.7 Å². The Morgan fingerprint density at radius 3 is 0.500 bits per heavy atom. The highest BCUT2D eigenvalue weighted by Gasteiger charge is 2.44. The van der Waals surface area contributed by atoms with Gasteiger partial charge in [0.25, 0.3) is 23.6 Å². The number of fused-ring (bicyclic) bond motifs is 8. The first-order valence-corrected chi connectivity index (χ1v) is 39.1. The van der Waals surface area contributed by atoms with Crippen molar-refractivity contribution in [1.29, 1.82) is 0 Å². The summed E-state index contributed by atoms with van der Waals surface area (Å²) in [5.74, 6) is 26.1. The quantitative estimate of drug-likeness (QED) is 0.0547. The van der Waals surface area contributed by atoms with Crippen molar-refractivity contribution in [1.82, 2.24) is 39.9 Å². The fourth-order valence-electron chi connectivity index (χ4n) is 15.2. The number of benzene rings is 8. The van der Waals surface area contributed by atoms with Crippen molar-refractivity contribution in [2.45, 2.75) is 49.4 Å². The fourth-order valence-corrected chi connectivity index (χ4v) is 15.2. The summed E-state index contributed by atoms with van der Waals surface area (Å²) in [4.78, 5) is 84.5. The van der Waals surface area contributed by atoms with Crippen molar-refractivity contribution in [3.8, 4) is 47.4 Å². The number of carbonyl (C=O) groups excluding carboxylic acids is 4. The lowest BCUT2D eigenvalue weighted by molar-refractivity contribution is 0.101. The van der Waals surface area contributed by atoms with Crippen LogP contribution in [0.1, 0.15) is 181 Å². The Morgan fingerprint density at radius 2 is 0.350 bits per heavy atom. The SMILES string of the molecule is CC1(c2ccc(C#Cc3ccc(NC(=O)c4ccncc4)cc3)cc2)c2ccc([nH]2)C(C)(c2ccc(C#Cc3ccc(NC(=O)c4ccncc4)cc3)cc2)c2ccc([nH]2)C(C)(c2ccc(C#Cc3ccc(NC(=O)c4ccncc4)cc3)cc2)c2ccc([nH]2)C(C)(c2ccc(C#Cc3ccc(NC(=O)c4ccncc4)cc3)cc2)c2ccc1[nH]2. The molecule has 0 atom stereocenters. The third-order valence-corrected chi connectivity index (χ3v) is 22.6. The van der Waals surface area contributed by atoms with Crippen LogP contribution in [-0.2, 0) is 21.7 Å². The van der Waals surface area contributed by atoms with E-state index in [9.17, 15) is 19.2 Å². The van der Waals surface area contributed by atoms with Crippen molar-refractivity contribution in [2.75, 3.05) is 21.3 Å². The molecule has 0 unspecified atom stereocenters. The van der Waals surface area contributed by atoms with Crippen molar-refractivity contribution < 1.29 is 19.2 Å². The first-order chi connectivity index (χ1) is 58.5. The summed E-state index contributed by atoms with van der Waals surface area (Å²) in [5.41, 5.74) is 19.2. The van der Waals surface area contributed by atoms with Gasteiger partial charge in [0.15, 0.2) is 0 Å². The minimum absolute atomic E-state index is 0.224. The predicted octanol–water partition coefficient (Wildman–Crippen LogP) is 18.9. The molecule has 0 aliphatic carbocycles. The van der Waals surface area contributed by atoms with Crippen molar-refractivity contribution in [3.05, 3.63) is 475 Å². The largest absolute Gasteiger partial charge is 0.360 e. The lowest BCUT2D eigenvalue weighted by Gasteiger charge is -2.34. The number of nitrogens with one attached hydrogen (secondary N) is 8. The van der Waals surface area contributed by atoms with Gasteiger partial charge >= 0.3 is 0 Å². The lowest BCUT2D eigenvalue weighted by atomic mass is 9.76. The lowest BCUT2D eigenvalue weighted by Crippen LogP contribution is -2.32. The monoisotopic (exact) mass is 1560 g/mol. The molecule has 0 radical (unpaired) electrons. The highest BCUT2D eigenvalue weighted by molar-refractivity contribution is 6.06. The van der Waals surface area contributed by atoms with Crippen LogP contribution in [0.3, 0.4) is 0 Å². The minimum Gasteiger partial charge on any atom is -0.360 e. The number of anilines is 4. The maximum atomic E-state index is 13.0. The Bertz CT molecular complexity index is 5850. The number of hydrogen-bond donors (Lipinski definition) is 8. The van der Waals surface area contributed by atoms with E-state index in [2.05, 4.69) is 282 Å². The minimum atomic E-state index is -0.856. The summed E-state index contributed by atoms with van der Waals surface area (Å²) < 4.78 is 0. The molecular formula is C104H76N12O4. The number of amides is 4. The molecule has 8 bridgehead atoms. The molecule has 4 amide bonds. The third kappa shape index (κ3) is 15.7. The molecule has 0 saturated carbocycles. The fraction of sp³-hybridized carbons (Fsp3) is 0.0769. The average Bonchev–Trinajstić information content (AvgIpc) is 1.55. The van der Waals surface area contributed by atoms with E-state index in [-0.39, 0.29) is 23.6 Å². The van der Waals surface area contributed by atoms with Gasteiger partial charge in [0.1, 0.15) is 0 Å². The Labute approximate surface area is 694 Å². The zero-order valence-corrected chi connectivity index (χ0v) is 65.8. The normalized spacial score (nSPS) is 16.2. The molecule has 576 valence electrons. The maximum Gasteiger partial charge on any atom is 0.255 e. The van der Waals surface area contributed by atoms with Crippen LogP contribution in [0.5, 0.6) is 0 Å². The van der Waals surface area contributed by atoms with Crippen LogP contribution in [0, 0.1) is 47.4 Å². The molecule has 8 N–H and O–H groups in total. The van der Waals surface area contributed by atoms with Crippen molar-refractivity contribution in [2.24, 2.45) is 0 Å². The predicted molar refractivity (Wildman–Crippen MR) is 470 cm³/mol. The second-order valence-electron chi connectivity index (χ2n) is 30.0. The molecule has 16 aromatic rings. The van der Waals surface area contributed by atoms with Gasteiger partial charge in [0, 0.05) is 185 Å². The van der Waals surface area contributed by atoms with Gasteiger partial charge in [-0.2, -0.15) is 0 Å². The van der Waals surface area contributed by atoms with E-state index in [1.165, 1.54) is 0 Å². The van der Waals surface area contributed by atoms with Gasteiger partial charge in [0.2, 0.25) is 0 Å². The molecule has 0 saturated heterocycles. The number of aromatic amines is 4. The number of hydrogen-bond acceptors (Lipinski definition) is 8. The molecule has 1 aliphatic heterocycles. The van der Waals surface area contributed by atoms with E-state index in [1.807, 2.05) is 97.1 Å². The molecule has 120 heavy (non-hydrogen) atoms. The molecular weight excluding hydrogens is 1480 g/mol. The average molecular weight is 1560 g/mol. The molecule has 16 nitrogen and oxygen atoms in total. The summed E-state index contributed by atoms with van der Waals surface area (Å²) in [6, 6.07) is 94.9. The first kappa shape index (κ1) is 76.2. The van der Waals surface area contributed by atoms with Crippen LogP contribution in [-0.4, -0.2) is 63.5 Å². The van der Waals surface area contributed by atoms with E-state index >= 15 is 0 Å². The third-order valence-electron chi connectivity index (χ3n) is 22.6. The van der Waals surface area contributed by atoms with Gasteiger partial charge < -0.3 is 41.2 Å². The van der Waals surface area contributed by atoms with Gasteiger partial charge in [-0.1, -0.05) is 95.9 Å². The Hall–Kier alpha value is -16.4. The van der Waals surface area contributed by atoms with E-state index in [0.29, 0.717) is 45.0 Å². The molecule has 1 aliphatic rings. The zero-order valence-electron chi connectivity index (χ0n) is 65.8. The summed E-state index contributed by atoms with van der Waals surface area (Å²) in [6.07, 6.45) is 12.7. The van der Waals surface area contributed by atoms with E-state index in [1.54, 1.807) is 98.1 Å². The van der Waals surface area contributed by atoms with E-state index in [0.717, 1.165) is 112 Å². The summed E-state index contributed by atoms with van der Waals surface area (Å²) in [5, 5.41) is 11.8. The standard InChI is InChI=1S/C104H76N12O4/c1-101(81-29-13-69(14-30-81)5-9-73-21-37-85(38-22-73)109-97(117)77-53-61-105-62-54-77)89-45-47-91(113-89)102(2,82-31-15-70(16-32-82)6-10-74-23-39-86(40-24-74)110-98(118)78-55-63-106-64-56-78)93-49-51-95(115-93)104(4,84-35-19-72(20-36-84)8-12-76-27-43-88(44-28-76)112-100(120)80-59-67-108-68-60-80)96-52-50-94(116-96)103(3,92-48-46-90(101)114-92)83-33-17-71(18-34-83)7-11-75-25-41-87(42-26-75)111-99(119)79-57-65-107-66-58-79/h13-68,113-116H,1-4H3,(H,109,117)(H,110,118)(H,111,119)(H,112,120). The number of aromatic nitrogens is 8. The second kappa shape index (κ2) is 32.8. The van der Waals surface area contributed by atoms with E-state index in [4.69, 9.17) is 0 Å². The highest BCUT2D eigenvalue weighted by Crippen LogP contribution is 2.48. The molecule has 0 spiro atoms. The summed E-state index contributed by atoms with van der Waals surface area (Å²) in [7, 11) is 0. The molecule has 16 heteroatoms. The van der Waals surface area contributed by atoms with Gasteiger partial charge in [-0.3, -0.25) is 39.1 Å². The molecule has 17 rings (SSSR count). The van der Waals surface area contributed by atoms with E-state index < -0.39 is 21.7 Å². The number of rotatable bonds is 12. The number of carbonyl (C=O) groups is 4. The van der Waals surface area contributed by atoms with Gasteiger partial charge in [-0.15, -0.1) is 0 Å². The highest BCUT2D eigenvalue weighted by atomic mass is 16.2. The molecule has 0 fully saturated rings. The number of nitrogens with zero attached hydrogens (tertiary/aromatic N) is 4. The van der Waals surface area contributed by atoms with Crippen LogP contribution in [0.25, 0.3) is 0 Å². The Morgan fingerprint density at radius 1 is 0.208 bits per heavy atom. The van der Waals surface area contributed by atoms with Crippen molar-refractivity contribution >= 4 is 46.4 Å². The smallest absolute Gasteiger partial charge is 0.255 e. The van der Waals surface area contributed by atoms with Gasteiger partial charge in [-0.25, -0.2) is 0 Å². The van der Waals surface area contributed by atoms with Crippen LogP contribution in [0.4, 0.5) is 22.7 Å². The second-order valence-corrected chi connectivity index (χ2v) is 30.0. The molecule has 9 heterocycles. The summed E-state index contributed by atoms with van der Waals surface area (Å²) >= 11 is 0.